The number of nitrogens with one attached hydrogen (secondary N) is 1. The minimum absolute atomic E-state index is 0.285. The molecule has 0 unspecified atom stereocenters. The van der Waals surface area contributed by atoms with E-state index in [1.165, 1.54) is 0 Å². The van der Waals surface area contributed by atoms with Gasteiger partial charge in [0.15, 0.2) is 0 Å². The molecular weight excluding hydrogens is 372 g/mol. The molecule has 0 radical (unpaired) electrons. The lowest BCUT2D eigenvalue weighted by Gasteiger charge is -2.12. The van der Waals surface area contributed by atoms with Crippen LogP contribution in [0.15, 0.2) is 59.5 Å². The van der Waals surface area contributed by atoms with Gasteiger partial charge in [-0.3, -0.25) is 19.3 Å². The van der Waals surface area contributed by atoms with E-state index in [-0.39, 0.29) is 17.4 Å². The summed E-state index contributed by atoms with van der Waals surface area (Å²) in [6, 6.07) is 16.3. The van der Waals surface area contributed by atoms with Gasteiger partial charge in [0.05, 0.1) is 4.91 Å². The minimum Gasteiger partial charge on any atom is -0.350 e. The van der Waals surface area contributed by atoms with Crippen molar-refractivity contribution in [3.05, 3.63) is 75.7 Å². The van der Waals surface area contributed by atoms with Crippen molar-refractivity contribution >= 4 is 46.5 Å². The molecule has 3 amide bonds. The summed E-state index contributed by atoms with van der Waals surface area (Å²) in [6.45, 7) is 0.0476. The Morgan fingerprint density at radius 2 is 1.77 bits per heavy atom. The molecule has 2 aromatic carbocycles. The van der Waals surface area contributed by atoms with Gasteiger partial charge in [0.25, 0.3) is 11.1 Å². The Bertz CT molecular complexity index is 866. The second kappa shape index (κ2) is 8.21. The molecule has 1 aliphatic rings. The summed E-state index contributed by atoms with van der Waals surface area (Å²) in [5, 5.41) is 2.84. The highest BCUT2D eigenvalue weighted by atomic mass is 35.5. The number of hydrogen-bond acceptors (Lipinski definition) is 4. The second-order valence-corrected chi connectivity index (χ2v) is 7.01. The molecule has 0 saturated carbocycles. The maximum Gasteiger partial charge on any atom is 0.294 e. The van der Waals surface area contributed by atoms with Gasteiger partial charge in [-0.05, 0) is 41.1 Å². The van der Waals surface area contributed by atoms with Crippen LogP contribution in [0.5, 0.6) is 0 Å². The zero-order valence-electron chi connectivity index (χ0n) is 13.6. The molecule has 3 rings (SSSR count). The monoisotopic (exact) mass is 386 g/mol. The van der Waals surface area contributed by atoms with Gasteiger partial charge < -0.3 is 5.32 Å². The van der Waals surface area contributed by atoms with Crippen LogP contribution < -0.4 is 5.32 Å². The molecule has 0 aliphatic carbocycles. The Morgan fingerprint density at radius 1 is 1.08 bits per heavy atom. The van der Waals surface area contributed by atoms with Gasteiger partial charge in [-0.1, -0.05) is 54.1 Å². The van der Waals surface area contributed by atoms with E-state index in [0.717, 1.165) is 27.8 Å². The molecule has 2 aromatic rings. The van der Waals surface area contributed by atoms with Gasteiger partial charge >= 0.3 is 0 Å². The molecule has 1 fully saturated rings. The van der Waals surface area contributed by atoms with Crippen LogP contribution in [0.2, 0.25) is 5.02 Å². The third-order valence-corrected chi connectivity index (χ3v) is 4.83. The van der Waals surface area contributed by atoms with Crippen molar-refractivity contribution in [1.82, 2.24) is 10.2 Å². The van der Waals surface area contributed by atoms with E-state index in [2.05, 4.69) is 5.32 Å². The van der Waals surface area contributed by atoms with Crippen molar-refractivity contribution in [1.29, 1.82) is 0 Å². The average Bonchev–Trinajstić information content (AvgIpc) is 2.90. The van der Waals surface area contributed by atoms with E-state index in [1.54, 1.807) is 30.3 Å². The number of carbonyl (C=O) groups excluding carboxylic acids is 3. The van der Waals surface area contributed by atoms with Crippen LogP contribution >= 0.6 is 23.4 Å². The molecular formula is C19H15ClN2O3S. The van der Waals surface area contributed by atoms with Crippen LogP contribution in [-0.2, 0) is 16.1 Å². The number of rotatable bonds is 5. The van der Waals surface area contributed by atoms with Gasteiger partial charge in [-0.15, -0.1) is 0 Å². The van der Waals surface area contributed by atoms with Gasteiger partial charge in [0.2, 0.25) is 5.91 Å². The topological polar surface area (TPSA) is 66.5 Å². The van der Waals surface area contributed by atoms with Crippen molar-refractivity contribution in [2.45, 2.75) is 6.54 Å². The highest BCUT2D eigenvalue weighted by molar-refractivity contribution is 8.18. The Hall–Kier alpha value is -2.57. The number of hydrogen-bond donors (Lipinski definition) is 1. The molecule has 1 saturated heterocycles. The van der Waals surface area contributed by atoms with Gasteiger partial charge in [-0.2, -0.15) is 0 Å². The highest BCUT2D eigenvalue weighted by Gasteiger charge is 2.36. The summed E-state index contributed by atoms with van der Waals surface area (Å²) in [5.41, 5.74) is 1.70. The lowest BCUT2D eigenvalue weighted by atomic mass is 10.2. The number of halogens is 1. The smallest absolute Gasteiger partial charge is 0.294 e. The fraction of sp³-hybridized carbons (Fsp3) is 0.105. The van der Waals surface area contributed by atoms with Crippen LogP contribution in [0.25, 0.3) is 6.08 Å². The first-order valence-corrected chi connectivity index (χ1v) is 9.04. The normalized spacial score (nSPS) is 15.6. The predicted octanol–water partition coefficient (Wildman–Crippen LogP) is 3.69. The third-order valence-electron chi connectivity index (χ3n) is 3.68. The molecule has 5 nitrogen and oxygen atoms in total. The van der Waals surface area contributed by atoms with Crippen molar-refractivity contribution < 1.29 is 14.4 Å². The summed E-state index contributed by atoms with van der Waals surface area (Å²) in [7, 11) is 0. The van der Waals surface area contributed by atoms with Gasteiger partial charge in [0.1, 0.15) is 6.54 Å². The van der Waals surface area contributed by atoms with E-state index in [1.807, 2.05) is 30.3 Å². The molecule has 7 heteroatoms. The molecule has 0 spiro atoms. The molecule has 26 heavy (non-hydrogen) atoms. The zero-order chi connectivity index (χ0) is 18.5. The quantitative estimate of drug-likeness (QED) is 0.796. The van der Waals surface area contributed by atoms with Crippen molar-refractivity contribution in [2.24, 2.45) is 0 Å². The molecule has 0 bridgehead atoms. The van der Waals surface area contributed by atoms with Crippen LogP contribution in [0, 0.1) is 0 Å². The number of nitrogens with zero attached hydrogens (tertiary/aromatic N) is 1. The highest BCUT2D eigenvalue weighted by Crippen LogP contribution is 2.32. The zero-order valence-corrected chi connectivity index (χ0v) is 15.2. The Kier molecular flexibility index (Phi) is 5.75. The molecule has 132 valence electrons. The standard InChI is InChI=1S/C19H15ClN2O3S/c20-15-8-6-13(7-9-15)10-16-18(24)22(19(25)26-16)12-17(23)21-11-14-4-2-1-3-5-14/h1-10H,11-12H2,(H,21,23)/b16-10-. The second-order valence-electron chi connectivity index (χ2n) is 5.58. The van der Waals surface area contributed by atoms with E-state index in [9.17, 15) is 14.4 Å². The van der Waals surface area contributed by atoms with Gasteiger partial charge in [0, 0.05) is 11.6 Å². The van der Waals surface area contributed by atoms with Crippen LogP contribution in [0.4, 0.5) is 4.79 Å². The average molecular weight is 387 g/mol. The maximum absolute atomic E-state index is 12.4. The summed E-state index contributed by atoms with van der Waals surface area (Å²) >= 11 is 6.66. The first-order chi connectivity index (χ1) is 12.5. The Balaban J connectivity index is 1.61. The van der Waals surface area contributed by atoms with Crippen molar-refractivity contribution in [3.8, 4) is 0 Å². The van der Waals surface area contributed by atoms with E-state index < -0.39 is 11.1 Å². The number of benzene rings is 2. The Morgan fingerprint density at radius 3 is 2.46 bits per heavy atom. The lowest BCUT2D eigenvalue weighted by molar-refractivity contribution is -0.129. The molecule has 0 atom stereocenters. The summed E-state index contributed by atoms with van der Waals surface area (Å²) in [5.74, 6) is -0.853. The SMILES string of the molecule is O=C(CN1C(=O)S/C(=C\c2ccc(Cl)cc2)C1=O)NCc1ccccc1. The first kappa shape index (κ1) is 18.2. The summed E-state index contributed by atoms with van der Waals surface area (Å²) in [6.07, 6.45) is 1.61. The first-order valence-electron chi connectivity index (χ1n) is 7.84. The van der Waals surface area contributed by atoms with Crippen molar-refractivity contribution in [2.75, 3.05) is 6.54 Å². The molecule has 1 heterocycles. The molecule has 1 N–H and O–H groups in total. The van der Waals surface area contributed by atoms with Gasteiger partial charge in [-0.25, -0.2) is 0 Å². The van der Waals surface area contributed by atoms with Crippen LogP contribution in [-0.4, -0.2) is 28.5 Å². The summed E-state index contributed by atoms with van der Waals surface area (Å²) < 4.78 is 0. The fourth-order valence-corrected chi connectivity index (χ4v) is 3.31. The van der Waals surface area contributed by atoms with Crippen LogP contribution in [0.1, 0.15) is 11.1 Å². The number of carbonyl (C=O) groups is 3. The lowest BCUT2D eigenvalue weighted by Crippen LogP contribution is -2.39. The maximum atomic E-state index is 12.4. The number of imide groups is 1. The van der Waals surface area contributed by atoms with E-state index >= 15 is 0 Å². The Labute approximate surface area is 160 Å². The third kappa shape index (κ3) is 4.53. The van der Waals surface area contributed by atoms with Crippen molar-refractivity contribution in [3.63, 3.8) is 0 Å². The largest absolute Gasteiger partial charge is 0.350 e. The van der Waals surface area contributed by atoms with E-state index in [4.69, 9.17) is 11.6 Å². The minimum atomic E-state index is -0.468. The predicted molar refractivity (Wildman–Crippen MR) is 102 cm³/mol. The van der Waals surface area contributed by atoms with E-state index in [0.29, 0.717) is 11.6 Å². The van der Waals surface area contributed by atoms with Crippen LogP contribution in [0.3, 0.4) is 0 Å². The fourth-order valence-electron chi connectivity index (χ4n) is 2.34. The molecule has 1 aliphatic heterocycles. The number of thioether (sulfide) groups is 1. The summed E-state index contributed by atoms with van der Waals surface area (Å²) in [4.78, 5) is 37.8. The number of amides is 3. The molecule has 0 aromatic heterocycles.